The molecule has 0 atom stereocenters. The third-order valence-corrected chi connectivity index (χ3v) is 4.25. The van der Waals surface area contributed by atoms with Crippen molar-refractivity contribution in [3.63, 3.8) is 0 Å². The third kappa shape index (κ3) is 4.54. The molecular weight excluding hydrogens is 316 g/mol. The maximum absolute atomic E-state index is 12.5. The molecule has 1 aliphatic rings. The van der Waals surface area contributed by atoms with E-state index in [4.69, 9.17) is 9.72 Å². The molecule has 25 heavy (non-hydrogen) atoms. The van der Waals surface area contributed by atoms with Crippen molar-refractivity contribution in [1.82, 2.24) is 15.3 Å². The molecular formula is C19H24N4O2. The van der Waals surface area contributed by atoms with Gasteiger partial charge in [-0.2, -0.15) is 0 Å². The van der Waals surface area contributed by atoms with Crippen LogP contribution in [-0.4, -0.2) is 49.2 Å². The molecule has 132 valence electrons. The highest BCUT2D eigenvalue weighted by atomic mass is 16.5. The fourth-order valence-corrected chi connectivity index (χ4v) is 2.91. The van der Waals surface area contributed by atoms with Crippen molar-refractivity contribution in [3.05, 3.63) is 42.1 Å². The smallest absolute Gasteiger partial charge is 0.270 e. The number of rotatable bonds is 6. The number of amides is 1. The van der Waals surface area contributed by atoms with Crippen LogP contribution < -0.4 is 10.2 Å². The van der Waals surface area contributed by atoms with Crippen molar-refractivity contribution < 1.29 is 9.53 Å². The van der Waals surface area contributed by atoms with Gasteiger partial charge in [-0.15, -0.1) is 0 Å². The van der Waals surface area contributed by atoms with Crippen LogP contribution in [0.5, 0.6) is 0 Å². The van der Waals surface area contributed by atoms with E-state index in [-0.39, 0.29) is 5.91 Å². The summed E-state index contributed by atoms with van der Waals surface area (Å²) >= 11 is 0. The van der Waals surface area contributed by atoms with E-state index >= 15 is 0 Å². The quantitative estimate of drug-likeness (QED) is 0.819. The van der Waals surface area contributed by atoms with Crippen molar-refractivity contribution in [1.29, 1.82) is 0 Å². The highest BCUT2D eigenvalue weighted by Gasteiger charge is 2.18. The largest absolute Gasteiger partial charge is 0.383 e. The van der Waals surface area contributed by atoms with Crippen LogP contribution in [0.25, 0.3) is 11.4 Å². The van der Waals surface area contributed by atoms with Crippen LogP contribution in [0.2, 0.25) is 0 Å². The number of ether oxygens (including phenoxy) is 1. The Hall–Kier alpha value is -2.47. The van der Waals surface area contributed by atoms with Crippen LogP contribution in [0.4, 0.5) is 5.82 Å². The van der Waals surface area contributed by atoms with Gasteiger partial charge in [0, 0.05) is 38.4 Å². The van der Waals surface area contributed by atoms with Gasteiger partial charge in [0.25, 0.3) is 5.91 Å². The lowest BCUT2D eigenvalue weighted by atomic mass is 10.1. The van der Waals surface area contributed by atoms with E-state index in [1.807, 2.05) is 30.3 Å². The molecule has 3 rings (SSSR count). The minimum atomic E-state index is -0.199. The molecule has 2 aromatic rings. The summed E-state index contributed by atoms with van der Waals surface area (Å²) < 4.78 is 4.98. The first-order chi connectivity index (χ1) is 12.3. The van der Waals surface area contributed by atoms with Crippen LogP contribution in [0, 0.1) is 0 Å². The maximum Gasteiger partial charge on any atom is 0.270 e. The van der Waals surface area contributed by atoms with E-state index in [2.05, 4.69) is 15.2 Å². The topological polar surface area (TPSA) is 67.3 Å². The molecule has 1 aromatic heterocycles. The van der Waals surface area contributed by atoms with Crippen LogP contribution >= 0.6 is 0 Å². The van der Waals surface area contributed by atoms with Crippen LogP contribution in [-0.2, 0) is 4.74 Å². The first-order valence-corrected chi connectivity index (χ1v) is 8.74. The van der Waals surface area contributed by atoms with Gasteiger partial charge in [0.2, 0.25) is 0 Å². The summed E-state index contributed by atoms with van der Waals surface area (Å²) in [6, 6.07) is 11.6. The number of hydrogen-bond acceptors (Lipinski definition) is 5. The molecule has 1 aromatic carbocycles. The van der Waals surface area contributed by atoms with E-state index in [0.29, 0.717) is 24.7 Å². The van der Waals surface area contributed by atoms with Gasteiger partial charge in [0.1, 0.15) is 11.5 Å². The highest BCUT2D eigenvalue weighted by Crippen LogP contribution is 2.22. The number of carbonyl (C=O) groups excluding carboxylic acids is 1. The average Bonchev–Trinajstić information content (AvgIpc) is 2.69. The van der Waals surface area contributed by atoms with E-state index in [0.717, 1.165) is 37.3 Å². The van der Waals surface area contributed by atoms with E-state index in [1.54, 1.807) is 13.2 Å². The summed E-state index contributed by atoms with van der Waals surface area (Å²) in [5, 5.41) is 2.84. The van der Waals surface area contributed by atoms with E-state index in [9.17, 15) is 4.79 Å². The van der Waals surface area contributed by atoms with Crippen LogP contribution in [0.1, 0.15) is 29.8 Å². The molecule has 2 heterocycles. The average molecular weight is 340 g/mol. The van der Waals surface area contributed by atoms with Crippen molar-refractivity contribution in [2.45, 2.75) is 19.3 Å². The number of piperidine rings is 1. The molecule has 0 bridgehead atoms. The summed E-state index contributed by atoms with van der Waals surface area (Å²) in [5.74, 6) is 1.21. The van der Waals surface area contributed by atoms with Crippen molar-refractivity contribution in [2.75, 3.05) is 38.3 Å². The van der Waals surface area contributed by atoms with Gasteiger partial charge in [-0.1, -0.05) is 30.3 Å². The van der Waals surface area contributed by atoms with Crippen molar-refractivity contribution in [2.24, 2.45) is 0 Å². The lowest BCUT2D eigenvalue weighted by Gasteiger charge is -2.28. The first kappa shape index (κ1) is 17.4. The van der Waals surface area contributed by atoms with Gasteiger partial charge >= 0.3 is 0 Å². The molecule has 1 fully saturated rings. The lowest BCUT2D eigenvalue weighted by Crippen LogP contribution is -2.32. The Morgan fingerprint density at radius 1 is 1.16 bits per heavy atom. The molecule has 1 N–H and O–H groups in total. The van der Waals surface area contributed by atoms with Gasteiger partial charge < -0.3 is 15.0 Å². The fraction of sp³-hybridized carbons (Fsp3) is 0.421. The lowest BCUT2D eigenvalue weighted by molar-refractivity contribution is 0.0932. The molecule has 1 amide bonds. The molecule has 0 spiro atoms. The third-order valence-electron chi connectivity index (χ3n) is 4.25. The van der Waals surface area contributed by atoms with Crippen LogP contribution in [0.15, 0.2) is 36.4 Å². The Kier molecular flexibility index (Phi) is 5.95. The summed E-state index contributed by atoms with van der Waals surface area (Å²) in [5.41, 5.74) is 1.30. The standard InChI is InChI=1S/C19H24N4O2/c1-25-13-10-20-19(24)16-14-17(23-11-6-3-7-12-23)22-18(21-16)15-8-4-2-5-9-15/h2,4-5,8-9,14H,3,6-7,10-13H2,1H3,(H,20,24). The number of anilines is 1. The second kappa shape index (κ2) is 8.58. The Morgan fingerprint density at radius 3 is 2.64 bits per heavy atom. The predicted octanol–water partition coefficient (Wildman–Crippen LogP) is 2.51. The molecule has 0 saturated carbocycles. The molecule has 1 saturated heterocycles. The Labute approximate surface area is 148 Å². The van der Waals surface area contributed by atoms with Gasteiger partial charge in [-0.3, -0.25) is 4.79 Å². The predicted molar refractivity (Wildman–Crippen MR) is 97.7 cm³/mol. The molecule has 1 aliphatic heterocycles. The monoisotopic (exact) mass is 340 g/mol. The first-order valence-electron chi connectivity index (χ1n) is 8.74. The molecule has 6 heteroatoms. The summed E-state index contributed by atoms with van der Waals surface area (Å²) in [6.45, 7) is 2.87. The minimum absolute atomic E-state index is 0.199. The van der Waals surface area contributed by atoms with E-state index < -0.39 is 0 Å². The number of carbonyl (C=O) groups is 1. The van der Waals surface area contributed by atoms with Crippen molar-refractivity contribution >= 4 is 11.7 Å². The SMILES string of the molecule is COCCNC(=O)c1cc(N2CCCCC2)nc(-c2ccccc2)n1. The number of methoxy groups -OCH3 is 1. The van der Waals surface area contributed by atoms with Gasteiger partial charge in [0.05, 0.1) is 6.61 Å². The molecule has 0 unspecified atom stereocenters. The Morgan fingerprint density at radius 2 is 1.92 bits per heavy atom. The van der Waals surface area contributed by atoms with Gasteiger partial charge in [0.15, 0.2) is 5.82 Å². The molecule has 6 nitrogen and oxygen atoms in total. The second-order valence-electron chi connectivity index (χ2n) is 6.10. The van der Waals surface area contributed by atoms with Gasteiger partial charge in [-0.25, -0.2) is 9.97 Å². The maximum atomic E-state index is 12.5. The highest BCUT2D eigenvalue weighted by molar-refractivity contribution is 5.93. The zero-order valence-electron chi connectivity index (χ0n) is 14.6. The Balaban J connectivity index is 1.91. The number of nitrogens with one attached hydrogen (secondary N) is 1. The summed E-state index contributed by atoms with van der Waals surface area (Å²) in [7, 11) is 1.61. The van der Waals surface area contributed by atoms with Crippen molar-refractivity contribution in [3.8, 4) is 11.4 Å². The normalized spacial score (nSPS) is 14.4. The number of nitrogens with zero attached hydrogens (tertiary/aromatic N) is 3. The summed E-state index contributed by atoms with van der Waals surface area (Å²) in [4.78, 5) is 23.9. The second-order valence-corrected chi connectivity index (χ2v) is 6.10. The minimum Gasteiger partial charge on any atom is -0.383 e. The van der Waals surface area contributed by atoms with Gasteiger partial charge in [-0.05, 0) is 19.3 Å². The van der Waals surface area contributed by atoms with E-state index in [1.165, 1.54) is 6.42 Å². The fourth-order valence-electron chi connectivity index (χ4n) is 2.91. The molecule has 0 aliphatic carbocycles. The number of aromatic nitrogens is 2. The Bertz CT molecular complexity index is 700. The van der Waals surface area contributed by atoms with Crippen LogP contribution in [0.3, 0.4) is 0 Å². The zero-order chi connectivity index (χ0) is 17.5. The number of hydrogen-bond donors (Lipinski definition) is 1. The summed E-state index contributed by atoms with van der Waals surface area (Å²) in [6.07, 6.45) is 3.55. The zero-order valence-corrected chi connectivity index (χ0v) is 14.6. The number of benzene rings is 1. The molecule has 0 radical (unpaired) electrons.